The first-order valence-corrected chi connectivity index (χ1v) is 5.31. The zero-order chi connectivity index (χ0) is 9.80. The fraction of sp³-hybridized carbons (Fsp3) is 0.500. The van der Waals surface area contributed by atoms with Crippen LogP contribution in [-0.4, -0.2) is 18.2 Å². The Kier molecular flexibility index (Phi) is 5.09. The number of piperidine rings is 1. The fourth-order valence-corrected chi connectivity index (χ4v) is 2.19. The molecule has 1 heterocycles. The van der Waals surface area contributed by atoms with Crippen molar-refractivity contribution in [2.45, 2.75) is 25.4 Å². The van der Waals surface area contributed by atoms with Gasteiger partial charge in [-0.1, -0.05) is 24.3 Å². The third kappa shape index (κ3) is 2.94. The summed E-state index contributed by atoms with van der Waals surface area (Å²) in [6, 6.07) is 8.21. The lowest BCUT2D eigenvalue weighted by Gasteiger charge is -2.24. The minimum absolute atomic E-state index is 0. The van der Waals surface area contributed by atoms with Crippen molar-refractivity contribution >= 4 is 12.4 Å². The van der Waals surface area contributed by atoms with Crippen LogP contribution in [0.5, 0.6) is 0 Å². The summed E-state index contributed by atoms with van der Waals surface area (Å²) in [4.78, 5) is 0. The molecule has 1 aromatic carbocycles. The Hall–Kier alpha value is -0.570. The molecule has 0 aromatic heterocycles. The third-order valence-electron chi connectivity index (χ3n) is 2.96. The molecule has 3 heteroatoms. The largest absolute Gasteiger partial charge is 0.392 e. The molecule has 1 aromatic rings. The zero-order valence-electron chi connectivity index (χ0n) is 8.78. The second kappa shape index (κ2) is 6.11. The lowest BCUT2D eigenvalue weighted by molar-refractivity contribution is 0.279. The van der Waals surface area contributed by atoms with Crippen LogP contribution in [-0.2, 0) is 6.61 Å². The quantitative estimate of drug-likeness (QED) is 0.811. The lowest BCUT2D eigenvalue weighted by atomic mass is 9.88. The van der Waals surface area contributed by atoms with E-state index < -0.39 is 0 Å². The maximum Gasteiger partial charge on any atom is 0.0684 e. The number of nitrogens with one attached hydrogen (secondary N) is 1. The van der Waals surface area contributed by atoms with Crippen molar-refractivity contribution < 1.29 is 5.11 Å². The summed E-state index contributed by atoms with van der Waals surface area (Å²) in [6.07, 6.45) is 2.48. The monoisotopic (exact) mass is 227 g/mol. The van der Waals surface area contributed by atoms with E-state index in [0.717, 1.165) is 18.7 Å². The average Bonchev–Trinajstić information content (AvgIpc) is 2.30. The van der Waals surface area contributed by atoms with Crippen LogP contribution in [0.25, 0.3) is 0 Å². The summed E-state index contributed by atoms with van der Waals surface area (Å²) in [5.41, 5.74) is 2.41. The molecule has 0 amide bonds. The Labute approximate surface area is 97.1 Å². The molecule has 1 aliphatic rings. The van der Waals surface area contributed by atoms with Crippen LogP contribution in [0, 0.1) is 0 Å². The van der Waals surface area contributed by atoms with E-state index in [2.05, 4.69) is 17.4 Å². The molecule has 2 nitrogen and oxygen atoms in total. The Morgan fingerprint density at radius 1 is 1.33 bits per heavy atom. The molecule has 1 saturated heterocycles. The van der Waals surface area contributed by atoms with Gasteiger partial charge in [0.05, 0.1) is 6.61 Å². The number of hydrogen-bond donors (Lipinski definition) is 2. The summed E-state index contributed by atoms with van der Waals surface area (Å²) in [5.74, 6) is 0.590. The predicted octanol–water partition coefficient (Wildman–Crippen LogP) is 2.07. The molecule has 2 N–H and O–H groups in total. The van der Waals surface area contributed by atoms with Gasteiger partial charge in [0.25, 0.3) is 0 Å². The van der Waals surface area contributed by atoms with Gasteiger partial charge in [-0.05, 0) is 36.4 Å². The minimum atomic E-state index is 0. The highest BCUT2D eigenvalue weighted by molar-refractivity contribution is 5.85. The number of rotatable bonds is 2. The van der Waals surface area contributed by atoms with E-state index >= 15 is 0 Å². The van der Waals surface area contributed by atoms with Gasteiger partial charge in [0.2, 0.25) is 0 Å². The van der Waals surface area contributed by atoms with Crippen LogP contribution in [0.2, 0.25) is 0 Å². The topological polar surface area (TPSA) is 32.3 Å². The van der Waals surface area contributed by atoms with Gasteiger partial charge < -0.3 is 10.4 Å². The molecule has 2 rings (SSSR count). The number of aliphatic hydroxyl groups is 1. The van der Waals surface area contributed by atoms with E-state index in [9.17, 15) is 5.11 Å². The van der Waals surface area contributed by atoms with E-state index in [0.29, 0.717) is 5.92 Å². The van der Waals surface area contributed by atoms with E-state index in [-0.39, 0.29) is 19.0 Å². The Morgan fingerprint density at radius 2 is 2.13 bits per heavy atom. The molecule has 0 saturated carbocycles. The minimum Gasteiger partial charge on any atom is -0.392 e. The predicted molar refractivity (Wildman–Crippen MR) is 64.5 cm³/mol. The molecule has 0 aliphatic carbocycles. The zero-order valence-corrected chi connectivity index (χ0v) is 9.59. The molecule has 1 atom stereocenters. The van der Waals surface area contributed by atoms with E-state index in [1.807, 2.05) is 12.1 Å². The smallest absolute Gasteiger partial charge is 0.0684 e. The normalized spacial score (nSPS) is 20.7. The summed E-state index contributed by atoms with van der Waals surface area (Å²) in [5, 5.41) is 12.6. The van der Waals surface area contributed by atoms with Crippen molar-refractivity contribution in [3.05, 3.63) is 35.4 Å². The van der Waals surface area contributed by atoms with Crippen molar-refractivity contribution in [2.24, 2.45) is 0 Å². The molecular formula is C12H18ClNO. The Morgan fingerprint density at radius 3 is 2.80 bits per heavy atom. The van der Waals surface area contributed by atoms with Gasteiger partial charge in [0.15, 0.2) is 0 Å². The van der Waals surface area contributed by atoms with Gasteiger partial charge in [-0.3, -0.25) is 0 Å². The molecule has 0 radical (unpaired) electrons. The first-order valence-electron chi connectivity index (χ1n) is 5.31. The van der Waals surface area contributed by atoms with Crippen LogP contribution < -0.4 is 5.32 Å². The van der Waals surface area contributed by atoms with Gasteiger partial charge in [-0.15, -0.1) is 12.4 Å². The second-order valence-electron chi connectivity index (χ2n) is 3.90. The van der Waals surface area contributed by atoms with E-state index in [1.165, 1.54) is 18.4 Å². The van der Waals surface area contributed by atoms with Crippen molar-refractivity contribution in [1.82, 2.24) is 5.32 Å². The molecule has 15 heavy (non-hydrogen) atoms. The van der Waals surface area contributed by atoms with Crippen molar-refractivity contribution in [1.29, 1.82) is 0 Å². The maximum atomic E-state index is 9.23. The standard InChI is InChI=1S/C12H17NO.ClH/c14-9-11-4-1-2-6-12(11)10-5-3-7-13-8-10;/h1-2,4,6,10,13-14H,3,5,7-9H2;1H. The number of hydrogen-bond acceptors (Lipinski definition) is 2. The first kappa shape index (κ1) is 12.5. The number of halogens is 1. The molecule has 1 unspecified atom stereocenters. The summed E-state index contributed by atoms with van der Waals surface area (Å²) in [6.45, 7) is 2.35. The highest BCUT2D eigenvalue weighted by Crippen LogP contribution is 2.25. The van der Waals surface area contributed by atoms with E-state index in [4.69, 9.17) is 0 Å². The average molecular weight is 228 g/mol. The van der Waals surface area contributed by atoms with Crippen LogP contribution in [0.1, 0.15) is 29.9 Å². The summed E-state index contributed by atoms with van der Waals surface area (Å²) < 4.78 is 0. The maximum absolute atomic E-state index is 9.23. The van der Waals surface area contributed by atoms with Gasteiger partial charge >= 0.3 is 0 Å². The molecule has 0 spiro atoms. The second-order valence-corrected chi connectivity index (χ2v) is 3.90. The SMILES string of the molecule is Cl.OCc1ccccc1C1CCCNC1. The highest BCUT2D eigenvalue weighted by Gasteiger charge is 2.16. The summed E-state index contributed by atoms with van der Waals surface area (Å²) >= 11 is 0. The van der Waals surface area contributed by atoms with Crippen molar-refractivity contribution in [2.75, 3.05) is 13.1 Å². The lowest BCUT2D eigenvalue weighted by Crippen LogP contribution is -2.28. The van der Waals surface area contributed by atoms with Crippen molar-refractivity contribution in [3.8, 4) is 0 Å². The first-order chi connectivity index (χ1) is 6.92. The highest BCUT2D eigenvalue weighted by atomic mass is 35.5. The number of benzene rings is 1. The molecule has 1 fully saturated rings. The summed E-state index contributed by atoms with van der Waals surface area (Å²) in [7, 11) is 0. The Bertz CT molecular complexity index is 297. The van der Waals surface area contributed by atoms with Gasteiger partial charge in [-0.2, -0.15) is 0 Å². The van der Waals surface area contributed by atoms with E-state index in [1.54, 1.807) is 0 Å². The molecule has 1 aliphatic heterocycles. The molecule has 84 valence electrons. The molecule has 0 bridgehead atoms. The van der Waals surface area contributed by atoms with Crippen molar-refractivity contribution in [3.63, 3.8) is 0 Å². The van der Waals surface area contributed by atoms with Gasteiger partial charge in [0, 0.05) is 6.54 Å². The van der Waals surface area contributed by atoms with Gasteiger partial charge in [-0.25, -0.2) is 0 Å². The van der Waals surface area contributed by atoms with Gasteiger partial charge in [0.1, 0.15) is 0 Å². The molecular weight excluding hydrogens is 210 g/mol. The Balaban J connectivity index is 0.00000112. The third-order valence-corrected chi connectivity index (χ3v) is 2.96. The van der Waals surface area contributed by atoms with Crippen LogP contribution in [0.3, 0.4) is 0 Å². The number of aliphatic hydroxyl groups excluding tert-OH is 1. The van der Waals surface area contributed by atoms with Crippen LogP contribution in [0.15, 0.2) is 24.3 Å². The van der Waals surface area contributed by atoms with Crippen LogP contribution >= 0.6 is 12.4 Å². The fourth-order valence-electron chi connectivity index (χ4n) is 2.19. The van der Waals surface area contributed by atoms with Crippen LogP contribution in [0.4, 0.5) is 0 Å².